The van der Waals surface area contributed by atoms with Gasteiger partial charge >= 0.3 is 0 Å². The predicted molar refractivity (Wildman–Crippen MR) is 53.8 cm³/mol. The van der Waals surface area contributed by atoms with Crippen LogP contribution in [0.5, 0.6) is 0 Å². The lowest BCUT2D eigenvalue weighted by Crippen LogP contribution is -2.10. The van der Waals surface area contributed by atoms with Crippen molar-refractivity contribution < 1.29 is 0 Å². The van der Waals surface area contributed by atoms with Gasteiger partial charge in [-0.25, -0.2) is 4.98 Å². The highest BCUT2D eigenvalue weighted by molar-refractivity contribution is 7.09. The van der Waals surface area contributed by atoms with Crippen molar-refractivity contribution in [2.75, 3.05) is 13.6 Å². The molecule has 0 radical (unpaired) electrons. The zero-order chi connectivity index (χ0) is 8.97. The van der Waals surface area contributed by atoms with Crippen LogP contribution in [0, 0.1) is 0 Å². The first-order valence-electron chi connectivity index (χ1n) is 4.33. The third kappa shape index (κ3) is 2.57. The molecule has 2 nitrogen and oxygen atoms in total. The van der Waals surface area contributed by atoms with Gasteiger partial charge in [-0.05, 0) is 7.05 Å². The van der Waals surface area contributed by atoms with E-state index in [4.69, 9.17) is 0 Å². The van der Waals surface area contributed by atoms with Crippen LogP contribution in [-0.2, 0) is 6.42 Å². The van der Waals surface area contributed by atoms with E-state index in [9.17, 15) is 0 Å². The van der Waals surface area contributed by atoms with Gasteiger partial charge in [0.25, 0.3) is 0 Å². The second kappa shape index (κ2) is 4.58. The normalized spacial score (nSPS) is 11.0. The zero-order valence-corrected chi connectivity index (χ0v) is 8.74. The molecule has 0 aliphatic heterocycles. The number of hydrogen-bond donors (Lipinski definition) is 1. The quantitative estimate of drug-likeness (QED) is 0.774. The molecule has 12 heavy (non-hydrogen) atoms. The smallest absolute Gasteiger partial charge is 0.0953 e. The maximum absolute atomic E-state index is 4.53. The fourth-order valence-corrected chi connectivity index (χ4v) is 1.83. The second-order valence-corrected chi connectivity index (χ2v) is 4.08. The summed E-state index contributed by atoms with van der Waals surface area (Å²) in [6, 6.07) is 0. The summed E-state index contributed by atoms with van der Waals surface area (Å²) in [5.74, 6) is 0.568. The van der Waals surface area contributed by atoms with Crippen molar-refractivity contribution >= 4 is 11.3 Å². The maximum atomic E-state index is 4.53. The van der Waals surface area contributed by atoms with Crippen LogP contribution in [0.2, 0.25) is 0 Å². The molecular weight excluding hydrogens is 168 g/mol. The summed E-state index contributed by atoms with van der Waals surface area (Å²) >= 11 is 1.77. The summed E-state index contributed by atoms with van der Waals surface area (Å²) in [7, 11) is 1.97. The summed E-state index contributed by atoms with van der Waals surface area (Å²) in [4.78, 5) is 4.53. The summed E-state index contributed by atoms with van der Waals surface area (Å²) in [6.45, 7) is 5.38. The Morgan fingerprint density at radius 1 is 1.58 bits per heavy atom. The van der Waals surface area contributed by atoms with Crippen molar-refractivity contribution in [3.63, 3.8) is 0 Å². The average Bonchev–Trinajstić information content (AvgIpc) is 2.48. The van der Waals surface area contributed by atoms with E-state index in [1.807, 2.05) is 7.05 Å². The lowest BCUT2D eigenvalue weighted by Gasteiger charge is -1.97. The Bertz CT molecular complexity index is 230. The Labute approximate surface area is 78.0 Å². The van der Waals surface area contributed by atoms with E-state index >= 15 is 0 Å². The number of rotatable bonds is 4. The number of hydrogen-bond acceptors (Lipinski definition) is 3. The minimum absolute atomic E-state index is 0.568. The first kappa shape index (κ1) is 9.68. The highest BCUT2D eigenvalue weighted by Crippen LogP contribution is 2.18. The van der Waals surface area contributed by atoms with Gasteiger partial charge in [0.2, 0.25) is 0 Å². The molecule has 0 spiro atoms. The first-order valence-corrected chi connectivity index (χ1v) is 5.21. The lowest BCUT2D eigenvalue weighted by molar-refractivity contribution is 0.768. The lowest BCUT2D eigenvalue weighted by atomic mass is 10.2. The van der Waals surface area contributed by atoms with Gasteiger partial charge in [-0.15, -0.1) is 11.3 Å². The minimum atomic E-state index is 0.568. The predicted octanol–water partition coefficient (Wildman–Crippen LogP) is 2.03. The molecule has 68 valence electrons. The molecule has 1 aromatic rings. The van der Waals surface area contributed by atoms with Crippen molar-refractivity contribution in [2.45, 2.75) is 26.2 Å². The van der Waals surface area contributed by atoms with Gasteiger partial charge in [0.15, 0.2) is 0 Å². The summed E-state index contributed by atoms with van der Waals surface area (Å²) < 4.78 is 0. The van der Waals surface area contributed by atoms with Crippen molar-refractivity contribution in [1.82, 2.24) is 10.3 Å². The average molecular weight is 184 g/mol. The molecule has 0 aromatic carbocycles. The topological polar surface area (TPSA) is 24.9 Å². The van der Waals surface area contributed by atoms with Gasteiger partial charge in [0, 0.05) is 24.3 Å². The van der Waals surface area contributed by atoms with Gasteiger partial charge in [-0.1, -0.05) is 13.8 Å². The maximum Gasteiger partial charge on any atom is 0.0953 e. The number of thiazole rings is 1. The third-order valence-electron chi connectivity index (χ3n) is 1.69. The number of nitrogens with one attached hydrogen (secondary N) is 1. The van der Waals surface area contributed by atoms with E-state index in [0.717, 1.165) is 13.0 Å². The standard InChI is InChI=1S/C9H16N2S/c1-7(2)9-11-8(6-12-9)4-5-10-3/h6-7,10H,4-5H2,1-3H3. The van der Waals surface area contributed by atoms with Crippen LogP contribution in [0.3, 0.4) is 0 Å². The highest BCUT2D eigenvalue weighted by atomic mass is 32.1. The van der Waals surface area contributed by atoms with Crippen molar-refractivity contribution in [3.8, 4) is 0 Å². The van der Waals surface area contributed by atoms with Crippen LogP contribution < -0.4 is 5.32 Å². The Morgan fingerprint density at radius 2 is 2.33 bits per heavy atom. The van der Waals surface area contributed by atoms with Crippen LogP contribution >= 0.6 is 11.3 Å². The molecule has 0 unspecified atom stereocenters. The van der Waals surface area contributed by atoms with E-state index in [2.05, 4.69) is 29.5 Å². The molecule has 0 bridgehead atoms. The van der Waals surface area contributed by atoms with Crippen LogP contribution in [0.15, 0.2) is 5.38 Å². The molecule has 1 N–H and O–H groups in total. The molecule has 0 fully saturated rings. The van der Waals surface area contributed by atoms with Crippen LogP contribution in [0.4, 0.5) is 0 Å². The molecule has 1 rings (SSSR count). The first-order chi connectivity index (χ1) is 5.74. The van der Waals surface area contributed by atoms with Crippen LogP contribution in [0.25, 0.3) is 0 Å². The van der Waals surface area contributed by atoms with Gasteiger partial charge in [-0.2, -0.15) is 0 Å². The summed E-state index contributed by atoms with van der Waals surface area (Å²) in [5, 5.41) is 6.53. The molecular formula is C9H16N2S. The fourth-order valence-electron chi connectivity index (χ4n) is 0.956. The number of likely N-dealkylation sites (N-methyl/N-ethyl adjacent to an activating group) is 1. The molecule has 0 aliphatic rings. The van der Waals surface area contributed by atoms with Gasteiger partial charge in [0.05, 0.1) is 10.7 Å². The Morgan fingerprint density at radius 3 is 2.83 bits per heavy atom. The minimum Gasteiger partial charge on any atom is -0.319 e. The van der Waals surface area contributed by atoms with Gasteiger partial charge < -0.3 is 5.32 Å². The van der Waals surface area contributed by atoms with Crippen molar-refractivity contribution in [2.24, 2.45) is 0 Å². The van der Waals surface area contributed by atoms with E-state index < -0.39 is 0 Å². The van der Waals surface area contributed by atoms with Crippen LogP contribution in [-0.4, -0.2) is 18.6 Å². The molecule has 0 aliphatic carbocycles. The zero-order valence-electron chi connectivity index (χ0n) is 7.92. The summed E-state index contributed by atoms with van der Waals surface area (Å²) in [5.41, 5.74) is 1.22. The van der Waals surface area contributed by atoms with E-state index in [1.54, 1.807) is 11.3 Å². The Kier molecular flexibility index (Phi) is 3.69. The Balaban J connectivity index is 2.52. The van der Waals surface area contributed by atoms with E-state index in [1.165, 1.54) is 10.7 Å². The van der Waals surface area contributed by atoms with E-state index in [-0.39, 0.29) is 0 Å². The largest absolute Gasteiger partial charge is 0.319 e. The molecule has 3 heteroatoms. The molecule has 0 saturated carbocycles. The van der Waals surface area contributed by atoms with Crippen molar-refractivity contribution in [1.29, 1.82) is 0 Å². The fraction of sp³-hybridized carbons (Fsp3) is 0.667. The molecule has 1 heterocycles. The van der Waals surface area contributed by atoms with Crippen LogP contribution in [0.1, 0.15) is 30.5 Å². The molecule has 0 saturated heterocycles. The monoisotopic (exact) mass is 184 g/mol. The molecule has 0 atom stereocenters. The number of nitrogens with zero attached hydrogens (tertiary/aromatic N) is 1. The summed E-state index contributed by atoms with van der Waals surface area (Å²) in [6.07, 6.45) is 1.04. The van der Waals surface area contributed by atoms with E-state index in [0.29, 0.717) is 5.92 Å². The third-order valence-corrected chi connectivity index (χ3v) is 2.89. The van der Waals surface area contributed by atoms with Crippen molar-refractivity contribution in [3.05, 3.63) is 16.1 Å². The Hall–Kier alpha value is -0.410. The highest BCUT2D eigenvalue weighted by Gasteiger charge is 2.04. The number of aromatic nitrogens is 1. The SMILES string of the molecule is CNCCc1csc(C(C)C)n1. The molecule has 0 amide bonds. The van der Waals surface area contributed by atoms with Gasteiger partial charge in [-0.3, -0.25) is 0 Å². The molecule has 1 aromatic heterocycles. The van der Waals surface area contributed by atoms with Gasteiger partial charge in [0.1, 0.15) is 0 Å². The second-order valence-electron chi connectivity index (χ2n) is 3.19.